The van der Waals surface area contributed by atoms with E-state index in [9.17, 15) is 4.79 Å². The minimum atomic E-state index is -0.298. The number of nitrogens with zero attached hydrogens (tertiary/aromatic N) is 3. The largest absolute Gasteiger partial charge is 0.320 e. The SMILES string of the molecule is Cc1cccc(-c2cn(C)c(NC(=O)c3ccccc3Cl)n2)n1. The Balaban J connectivity index is 1.87. The van der Waals surface area contributed by atoms with Gasteiger partial charge in [0.15, 0.2) is 0 Å². The summed E-state index contributed by atoms with van der Waals surface area (Å²) in [5.74, 6) is 0.140. The number of benzene rings is 1. The third kappa shape index (κ3) is 3.24. The second kappa shape index (κ2) is 6.22. The second-order valence-electron chi connectivity index (χ2n) is 5.16. The number of amides is 1. The number of rotatable bonds is 3. The molecule has 0 aliphatic carbocycles. The van der Waals surface area contributed by atoms with E-state index in [4.69, 9.17) is 11.6 Å². The van der Waals surface area contributed by atoms with Crippen molar-refractivity contribution >= 4 is 23.5 Å². The molecule has 2 heterocycles. The number of halogens is 1. The van der Waals surface area contributed by atoms with Crippen LogP contribution in [0.2, 0.25) is 5.02 Å². The Morgan fingerprint density at radius 3 is 2.61 bits per heavy atom. The zero-order chi connectivity index (χ0) is 16.4. The van der Waals surface area contributed by atoms with Crippen molar-refractivity contribution in [3.63, 3.8) is 0 Å². The number of anilines is 1. The molecule has 0 fully saturated rings. The Bertz CT molecular complexity index is 873. The summed E-state index contributed by atoms with van der Waals surface area (Å²) >= 11 is 6.05. The van der Waals surface area contributed by atoms with Gasteiger partial charge in [-0.1, -0.05) is 29.8 Å². The minimum Gasteiger partial charge on any atom is -0.320 e. The molecule has 1 amide bonds. The Morgan fingerprint density at radius 2 is 1.87 bits per heavy atom. The number of aryl methyl sites for hydroxylation is 2. The molecule has 0 atom stereocenters. The van der Waals surface area contributed by atoms with Crippen LogP contribution in [0.5, 0.6) is 0 Å². The minimum absolute atomic E-state index is 0.298. The van der Waals surface area contributed by atoms with Crippen molar-refractivity contribution in [3.05, 3.63) is 64.9 Å². The van der Waals surface area contributed by atoms with Gasteiger partial charge in [0.05, 0.1) is 16.3 Å². The predicted octanol–water partition coefficient (Wildman–Crippen LogP) is 3.70. The Hall–Kier alpha value is -2.66. The van der Waals surface area contributed by atoms with E-state index in [1.54, 1.807) is 28.8 Å². The third-order valence-electron chi connectivity index (χ3n) is 3.37. The van der Waals surface area contributed by atoms with E-state index in [2.05, 4.69) is 15.3 Å². The summed E-state index contributed by atoms with van der Waals surface area (Å²) in [6, 6.07) is 12.6. The van der Waals surface area contributed by atoms with Crippen LogP contribution in [0, 0.1) is 6.92 Å². The normalized spacial score (nSPS) is 10.6. The molecule has 0 spiro atoms. The molecule has 3 rings (SSSR count). The van der Waals surface area contributed by atoms with Crippen LogP contribution in [0.15, 0.2) is 48.7 Å². The molecule has 0 saturated carbocycles. The lowest BCUT2D eigenvalue weighted by Crippen LogP contribution is -2.15. The van der Waals surface area contributed by atoms with Crippen molar-refractivity contribution in [1.29, 1.82) is 0 Å². The molecule has 0 unspecified atom stereocenters. The average Bonchev–Trinajstić information content (AvgIpc) is 2.89. The highest BCUT2D eigenvalue weighted by Gasteiger charge is 2.14. The number of nitrogens with one attached hydrogen (secondary N) is 1. The van der Waals surface area contributed by atoms with Crippen LogP contribution in [0.25, 0.3) is 11.4 Å². The van der Waals surface area contributed by atoms with E-state index in [0.717, 1.165) is 11.4 Å². The fourth-order valence-electron chi connectivity index (χ4n) is 2.21. The second-order valence-corrected chi connectivity index (χ2v) is 5.57. The molecule has 5 nitrogen and oxygen atoms in total. The molecule has 1 N–H and O–H groups in total. The lowest BCUT2D eigenvalue weighted by atomic mass is 10.2. The van der Waals surface area contributed by atoms with Crippen molar-refractivity contribution in [2.45, 2.75) is 6.92 Å². The highest BCUT2D eigenvalue weighted by Crippen LogP contribution is 2.20. The number of aromatic nitrogens is 3. The van der Waals surface area contributed by atoms with E-state index >= 15 is 0 Å². The molecule has 0 aliphatic heterocycles. The van der Waals surface area contributed by atoms with Gasteiger partial charge in [-0.25, -0.2) is 4.98 Å². The standard InChI is InChI=1S/C17H15ClN4O/c1-11-6-5-9-14(19-11)15-10-22(2)17(20-15)21-16(23)12-7-3-4-8-13(12)18/h3-10H,1-2H3,(H,20,21,23). The fourth-order valence-corrected chi connectivity index (χ4v) is 2.43. The molecular weight excluding hydrogens is 312 g/mol. The lowest BCUT2D eigenvalue weighted by Gasteiger charge is -2.05. The summed E-state index contributed by atoms with van der Waals surface area (Å²) in [5, 5.41) is 3.18. The van der Waals surface area contributed by atoms with Crippen molar-refractivity contribution < 1.29 is 4.79 Å². The Labute approximate surface area is 139 Å². The number of hydrogen-bond acceptors (Lipinski definition) is 3. The molecule has 1 aromatic carbocycles. The summed E-state index contributed by atoms with van der Waals surface area (Å²) < 4.78 is 1.74. The van der Waals surface area contributed by atoms with E-state index in [1.807, 2.05) is 38.4 Å². The Kier molecular flexibility index (Phi) is 4.12. The summed E-state index contributed by atoms with van der Waals surface area (Å²) in [7, 11) is 1.81. The van der Waals surface area contributed by atoms with Crippen LogP contribution in [0.3, 0.4) is 0 Å². The fraction of sp³-hybridized carbons (Fsp3) is 0.118. The molecular formula is C17H15ClN4O. The molecule has 116 valence electrons. The van der Waals surface area contributed by atoms with Crippen molar-refractivity contribution in [3.8, 4) is 11.4 Å². The Morgan fingerprint density at radius 1 is 1.09 bits per heavy atom. The van der Waals surface area contributed by atoms with Gasteiger partial charge in [0, 0.05) is 18.9 Å². The number of carbonyl (C=O) groups excluding carboxylic acids is 1. The summed E-state index contributed by atoms with van der Waals surface area (Å²) in [6.45, 7) is 1.92. The van der Waals surface area contributed by atoms with Gasteiger partial charge in [0.2, 0.25) is 5.95 Å². The molecule has 0 radical (unpaired) electrons. The van der Waals surface area contributed by atoms with Crippen LogP contribution in [-0.2, 0) is 7.05 Å². The zero-order valence-electron chi connectivity index (χ0n) is 12.7. The summed E-state index contributed by atoms with van der Waals surface area (Å²) in [4.78, 5) is 21.2. The average molecular weight is 327 g/mol. The van der Waals surface area contributed by atoms with Crippen molar-refractivity contribution in [2.24, 2.45) is 7.05 Å². The molecule has 0 aliphatic rings. The van der Waals surface area contributed by atoms with Gasteiger partial charge in [-0.15, -0.1) is 0 Å². The molecule has 3 aromatic rings. The van der Waals surface area contributed by atoms with Gasteiger partial charge in [0.1, 0.15) is 5.69 Å². The van der Waals surface area contributed by atoms with E-state index in [0.29, 0.717) is 22.2 Å². The first-order valence-electron chi connectivity index (χ1n) is 7.08. The van der Waals surface area contributed by atoms with E-state index in [-0.39, 0.29) is 5.91 Å². The number of carbonyl (C=O) groups is 1. The maximum absolute atomic E-state index is 12.3. The number of pyridine rings is 1. The van der Waals surface area contributed by atoms with Gasteiger partial charge >= 0.3 is 0 Å². The zero-order valence-corrected chi connectivity index (χ0v) is 13.5. The molecule has 23 heavy (non-hydrogen) atoms. The van der Waals surface area contributed by atoms with Gasteiger partial charge in [-0.2, -0.15) is 0 Å². The van der Waals surface area contributed by atoms with Gasteiger partial charge in [-0.3, -0.25) is 15.1 Å². The molecule has 0 bridgehead atoms. The monoisotopic (exact) mass is 326 g/mol. The van der Waals surface area contributed by atoms with Crippen LogP contribution < -0.4 is 5.32 Å². The van der Waals surface area contributed by atoms with Crippen molar-refractivity contribution in [2.75, 3.05) is 5.32 Å². The van der Waals surface area contributed by atoms with Crippen LogP contribution in [0.1, 0.15) is 16.1 Å². The number of hydrogen-bond donors (Lipinski definition) is 1. The van der Waals surface area contributed by atoms with Crippen LogP contribution >= 0.6 is 11.6 Å². The first-order chi connectivity index (χ1) is 11.0. The first-order valence-corrected chi connectivity index (χ1v) is 7.45. The lowest BCUT2D eigenvalue weighted by molar-refractivity contribution is 0.102. The van der Waals surface area contributed by atoms with Crippen LogP contribution in [-0.4, -0.2) is 20.4 Å². The van der Waals surface area contributed by atoms with Crippen molar-refractivity contribution in [1.82, 2.24) is 14.5 Å². The van der Waals surface area contributed by atoms with Gasteiger partial charge in [-0.05, 0) is 31.2 Å². The maximum Gasteiger partial charge on any atom is 0.259 e. The van der Waals surface area contributed by atoms with Crippen LogP contribution in [0.4, 0.5) is 5.95 Å². The highest BCUT2D eigenvalue weighted by molar-refractivity contribution is 6.34. The van der Waals surface area contributed by atoms with E-state index in [1.165, 1.54) is 0 Å². The maximum atomic E-state index is 12.3. The van der Waals surface area contributed by atoms with Gasteiger partial charge in [0.25, 0.3) is 5.91 Å². The summed E-state index contributed by atoms with van der Waals surface area (Å²) in [5.41, 5.74) is 2.78. The number of imidazole rings is 1. The first kappa shape index (κ1) is 15.2. The third-order valence-corrected chi connectivity index (χ3v) is 3.70. The topological polar surface area (TPSA) is 59.8 Å². The quantitative estimate of drug-likeness (QED) is 0.798. The van der Waals surface area contributed by atoms with Gasteiger partial charge < -0.3 is 4.57 Å². The smallest absolute Gasteiger partial charge is 0.259 e. The highest BCUT2D eigenvalue weighted by atomic mass is 35.5. The molecule has 6 heteroatoms. The molecule has 2 aromatic heterocycles. The predicted molar refractivity (Wildman–Crippen MR) is 90.6 cm³/mol. The van der Waals surface area contributed by atoms with E-state index < -0.39 is 0 Å². The molecule has 0 saturated heterocycles. The summed E-state index contributed by atoms with van der Waals surface area (Å²) in [6.07, 6.45) is 1.82.